The second kappa shape index (κ2) is 11.1. The van der Waals surface area contributed by atoms with E-state index in [1.54, 1.807) is 30.3 Å². The first-order valence-electron chi connectivity index (χ1n) is 10.4. The number of esters is 1. The number of carbonyl (C=O) groups is 2. The van der Waals surface area contributed by atoms with Crippen molar-refractivity contribution in [1.82, 2.24) is 0 Å². The van der Waals surface area contributed by atoms with E-state index in [4.69, 9.17) is 9.47 Å². The molecule has 0 bridgehead atoms. The highest BCUT2D eigenvalue weighted by atomic mass is 16.6. The van der Waals surface area contributed by atoms with Gasteiger partial charge in [0.05, 0.1) is 36.0 Å². The van der Waals surface area contributed by atoms with Gasteiger partial charge in [-0.05, 0) is 36.3 Å². The second-order valence-electron chi connectivity index (χ2n) is 7.14. The number of non-ortho nitro benzene ring substituents is 1. The van der Waals surface area contributed by atoms with Crippen molar-refractivity contribution in [2.45, 2.75) is 13.3 Å². The molecule has 0 aromatic heterocycles. The molecule has 1 N–H and O–H groups in total. The van der Waals surface area contributed by atoms with Crippen LogP contribution in [0.1, 0.15) is 29.3 Å². The van der Waals surface area contributed by atoms with Gasteiger partial charge in [-0.3, -0.25) is 14.9 Å². The average Bonchev–Trinajstić information content (AvgIpc) is 2.82. The summed E-state index contributed by atoms with van der Waals surface area (Å²) in [5.41, 5.74) is 2.03. The normalized spacial score (nSPS) is 13.7. The van der Waals surface area contributed by atoms with Gasteiger partial charge in [-0.2, -0.15) is 0 Å². The number of carbonyl (C=O) groups excluding carboxylic acids is 2. The van der Waals surface area contributed by atoms with Crippen LogP contribution >= 0.6 is 0 Å². The van der Waals surface area contributed by atoms with Crippen LogP contribution in [0, 0.1) is 10.1 Å². The highest BCUT2D eigenvalue weighted by Gasteiger charge is 2.20. The van der Waals surface area contributed by atoms with E-state index < -0.39 is 16.8 Å². The molecule has 1 aliphatic heterocycles. The molecule has 3 rings (SSSR count). The van der Waals surface area contributed by atoms with Gasteiger partial charge in [-0.25, -0.2) is 4.79 Å². The molecule has 0 saturated carbocycles. The lowest BCUT2D eigenvalue weighted by Gasteiger charge is -2.30. The zero-order chi connectivity index (χ0) is 22.9. The minimum Gasteiger partial charge on any atom is -0.462 e. The Hall–Kier alpha value is -3.72. The summed E-state index contributed by atoms with van der Waals surface area (Å²) in [5, 5.41) is 13.6. The van der Waals surface area contributed by atoms with Gasteiger partial charge in [0.15, 0.2) is 0 Å². The van der Waals surface area contributed by atoms with E-state index in [-0.39, 0.29) is 5.69 Å². The van der Waals surface area contributed by atoms with E-state index in [0.29, 0.717) is 56.1 Å². The first kappa shape index (κ1) is 23.0. The van der Waals surface area contributed by atoms with E-state index in [2.05, 4.69) is 10.2 Å². The van der Waals surface area contributed by atoms with Crippen LogP contribution in [-0.4, -0.2) is 49.7 Å². The zero-order valence-corrected chi connectivity index (χ0v) is 17.8. The Morgan fingerprint density at radius 3 is 2.72 bits per heavy atom. The lowest BCUT2D eigenvalue weighted by atomic mass is 10.1. The van der Waals surface area contributed by atoms with E-state index in [9.17, 15) is 19.7 Å². The smallest absolute Gasteiger partial charge is 0.340 e. The number of anilines is 2. The molecule has 2 aromatic carbocycles. The largest absolute Gasteiger partial charge is 0.462 e. The number of hydrogen-bond acceptors (Lipinski definition) is 7. The molecule has 0 aliphatic carbocycles. The fourth-order valence-electron chi connectivity index (χ4n) is 3.23. The number of benzene rings is 2. The van der Waals surface area contributed by atoms with E-state index in [1.165, 1.54) is 24.3 Å². The van der Waals surface area contributed by atoms with Crippen LogP contribution in [0.5, 0.6) is 0 Å². The fourth-order valence-corrected chi connectivity index (χ4v) is 3.23. The molecule has 32 heavy (non-hydrogen) atoms. The zero-order valence-electron chi connectivity index (χ0n) is 17.8. The fraction of sp³-hybridized carbons (Fsp3) is 0.304. The summed E-state index contributed by atoms with van der Waals surface area (Å²) < 4.78 is 10.7. The maximum Gasteiger partial charge on any atom is 0.340 e. The van der Waals surface area contributed by atoms with Gasteiger partial charge in [-0.1, -0.05) is 19.1 Å². The monoisotopic (exact) mass is 439 g/mol. The number of hydrogen-bond donors (Lipinski definition) is 1. The van der Waals surface area contributed by atoms with Crippen molar-refractivity contribution in [2.75, 3.05) is 43.1 Å². The van der Waals surface area contributed by atoms with Gasteiger partial charge in [0.2, 0.25) is 5.91 Å². The van der Waals surface area contributed by atoms with Crippen LogP contribution < -0.4 is 10.2 Å². The minimum atomic E-state index is -0.493. The first-order valence-corrected chi connectivity index (χ1v) is 10.4. The van der Waals surface area contributed by atoms with Crippen LogP contribution in [0.4, 0.5) is 17.1 Å². The number of amides is 1. The number of nitro groups is 1. The molecule has 0 unspecified atom stereocenters. The Morgan fingerprint density at radius 1 is 1.22 bits per heavy atom. The van der Waals surface area contributed by atoms with Gasteiger partial charge in [0, 0.05) is 37.0 Å². The third-order valence-electron chi connectivity index (χ3n) is 4.78. The average molecular weight is 439 g/mol. The van der Waals surface area contributed by atoms with Gasteiger partial charge >= 0.3 is 5.97 Å². The molecule has 1 fully saturated rings. The molecule has 168 valence electrons. The van der Waals surface area contributed by atoms with Gasteiger partial charge in [0.1, 0.15) is 0 Å². The Labute approximate surface area is 185 Å². The number of nitrogens with one attached hydrogen (secondary N) is 1. The minimum absolute atomic E-state index is 0.0542. The van der Waals surface area contributed by atoms with Crippen molar-refractivity contribution in [3.63, 3.8) is 0 Å². The summed E-state index contributed by atoms with van der Waals surface area (Å²) in [6.07, 6.45) is 3.47. The summed E-state index contributed by atoms with van der Waals surface area (Å²) >= 11 is 0. The predicted octanol–water partition coefficient (Wildman–Crippen LogP) is 3.65. The molecule has 1 amide bonds. The predicted molar refractivity (Wildman–Crippen MR) is 121 cm³/mol. The summed E-state index contributed by atoms with van der Waals surface area (Å²) in [5.74, 6) is -0.875. The molecular formula is C23H25N3O6. The molecule has 0 atom stereocenters. The Kier molecular flexibility index (Phi) is 7.93. The van der Waals surface area contributed by atoms with Crippen LogP contribution in [0.25, 0.3) is 6.08 Å². The van der Waals surface area contributed by atoms with Gasteiger partial charge in [0.25, 0.3) is 5.69 Å². The summed E-state index contributed by atoms with van der Waals surface area (Å²) in [4.78, 5) is 37.5. The number of ether oxygens (including phenoxy) is 2. The summed E-state index contributed by atoms with van der Waals surface area (Å²) in [6, 6.07) is 11.1. The van der Waals surface area contributed by atoms with Crippen molar-refractivity contribution in [3.05, 3.63) is 69.8 Å². The topological polar surface area (TPSA) is 111 Å². The maximum absolute atomic E-state index is 12.6. The van der Waals surface area contributed by atoms with Crippen molar-refractivity contribution in [1.29, 1.82) is 0 Å². The third-order valence-corrected chi connectivity index (χ3v) is 4.78. The third kappa shape index (κ3) is 6.14. The lowest BCUT2D eigenvalue weighted by Crippen LogP contribution is -2.37. The Bertz CT molecular complexity index is 1010. The van der Waals surface area contributed by atoms with Crippen molar-refractivity contribution >= 4 is 35.0 Å². The lowest BCUT2D eigenvalue weighted by molar-refractivity contribution is -0.384. The molecule has 0 radical (unpaired) electrons. The standard InChI is InChI=1S/C23H25N3O6/c1-2-12-32-23(28)20-16-18(7-8-21(20)25-10-13-31-14-11-25)24-22(27)9-6-17-4-3-5-19(15-17)26(29)30/h3-9,15-16H,2,10-14H2,1H3,(H,24,27). The Morgan fingerprint density at radius 2 is 2.00 bits per heavy atom. The van der Waals surface area contributed by atoms with Crippen LogP contribution in [-0.2, 0) is 14.3 Å². The number of rotatable bonds is 8. The Balaban J connectivity index is 1.76. The van der Waals surface area contributed by atoms with Crippen LogP contribution in [0.15, 0.2) is 48.5 Å². The molecule has 9 heteroatoms. The van der Waals surface area contributed by atoms with Crippen molar-refractivity contribution < 1.29 is 24.0 Å². The number of nitrogens with zero attached hydrogens (tertiary/aromatic N) is 2. The molecular weight excluding hydrogens is 414 g/mol. The van der Waals surface area contributed by atoms with E-state index in [0.717, 1.165) is 5.69 Å². The van der Waals surface area contributed by atoms with Crippen molar-refractivity contribution in [2.24, 2.45) is 0 Å². The van der Waals surface area contributed by atoms with E-state index in [1.807, 2.05) is 6.92 Å². The van der Waals surface area contributed by atoms with Crippen LogP contribution in [0.2, 0.25) is 0 Å². The van der Waals surface area contributed by atoms with Crippen molar-refractivity contribution in [3.8, 4) is 0 Å². The van der Waals surface area contributed by atoms with E-state index >= 15 is 0 Å². The van der Waals surface area contributed by atoms with Crippen LogP contribution in [0.3, 0.4) is 0 Å². The highest BCUT2D eigenvalue weighted by molar-refractivity contribution is 6.04. The number of morpholine rings is 1. The molecule has 0 spiro atoms. The molecule has 1 aliphatic rings. The molecule has 1 saturated heterocycles. The summed E-state index contributed by atoms with van der Waals surface area (Å²) in [6.45, 7) is 4.69. The second-order valence-corrected chi connectivity index (χ2v) is 7.14. The quantitative estimate of drug-likeness (QED) is 0.289. The molecule has 2 aromatic rings. The van der Waals surface area contributed by atoms with Gasteiger partial charge < -0.3 is 19.7 Å². The molecule has 9 nitrogen and oxygen atoms in total. The van der Waals surface area contributed by atoms with Gasteiger partial charge in [-0.15, -0.1) is 0 Å². The molecule has 1 heterocycles. The number of nitro benzene ring substituents is 1. The SMILES string of the molecule is CCCOC(=O)c1cc(NC(=O)C=Cc2cccc([N+](=O)[O-])c2)ccc1N1CCOCC1. The summed E-state index contributed by atoms with van der Waals surface area (Å²) in [7, 11) is 0. The first-order chi connectivity index (χ1) is 15.5. The maximum atomic E-state index is 12.6. The highest BCUT2D eigenvalue weighted by Crippen LogP contribution is 2.26.